The van der Waals surface area contributed by atoms with E-state index in [4.69, 9.17) is 33.7 Å². The standard InChI is InChI=1S/C16H14Cl2N2O3/c17-10-5-6-12(18)11(9-10)16(22)20-13-3-1-2-4-14(13)23-8-7-15(19)21/h1-6,9H,7-8H2,(H2,19,21)(H,20,22). The number of benzene rings is 2. The molecule has 23 heavy (non-hydrogen) atoms. The molecule has 0 atom stereocenters. The Morgan fingerprint density at radius 2 is 1.87 bits per heavy atom. The van der Waals surface area contributed by atoms with Gasteiger partial charge in [0, 0.05) is 5.02 Å². The Hall–Kier alpha value is -2.24. The largest absolute Gasteiger partial charge is 0.491 e. The quantitative estimate of drug-likeness (QED) is 0.834. The predicted octanol–water partition coefficient (Wildman–Crippen LogP) is 3.50. The summed E-state index contributed by atoms with van der Waals surface area (Å²) in [6.45, 7) is 0.125. The first-order chi connectivity index (χ1) is 11.0. The zero-order valence-electron chi connectivity index (χ0n) is 12.0. The zero-order chi connectivity index (χ0) is 16.8. The van der Waals surface area contributed by atoms with E-state index in [1.54, 1.807) is 36.4 Å². The van der Waals surface area contributed by atoms with Crippen molar-refractivity contribution in [2.45, 2.75) is 6.42 Å². The molecule has 0 radical (unpaired) electrons. The van der Waals surface area contributed by atoms with Crippen molar-refractivity contribution >= 4 is 40.7 Å². The molecule has 3 N–H and O–H groups in total. The molecule has 2 aromatic carbocycles. The van der Waals surface area contributed by atoms with Crippen LogP contribution in [-0.4, -0.2) is 18.4 Å². The van der Waals surface area contributed by atoms with E-state index < -0.39 is 11.8 Å². The summed E-state index contributed by atoms with van der Waals surface area (Å²) >= 11 is 11.9. The van der Waals surface area contributed by atoms with Crippen molar-refractivity contribution in [1.82, 2.24) is 0 Å². The topological polar surface area (TPSA) is 81.4 Å². The van der Waals surface area contributed by atoms with E-state index in [2.05, 4.69) is 5.32 Å². The van der Waals surface area contributed by atoms with E-state index in [1.165, 1.54) is 6.07 Å². The van der Waals surface area contributed by atoms with Gasteiger partial charge in [0.05, 0.1) is 29.3 Å². The Bertz CT molecular complexity index is 735. The molecule has 0 heterocycles. The SMILES string of the molecule is NC(=O)CCOc1ccccc1NC(=O)c1cc(Cl)ccc1Cl. The number of carbonyl (C=O) groups excluding carboxylic acids is 2. The smallest absolute Gasteiger partial charge is 0.257 e. The van der Waals surface area contributed by atoms with Gasteiger partial charge >= 0.3 is 0 Å². The molecule has 0 saturated heterocycles. The van der Waals surface area contributed by atoms with Crippen molar-refractivity contribution in [1.29, 1.82) is 0 Å². The lowest BCUT2D eigenvalue weighted by molar-refractivity contribution is -0.118. The minimum Gasteiger partial charge on any atom is -0.491 e. The van der Waals surface area contributed by atoms with Crippen molar-refractivity contribution in [3.05, 3.63) is 58.1 Å². The van der Waals surface area contributed by atoms with Crippen LogP contribution in [0.25, 0.3) is 0 Å². The van der Waals surface area contributed by atoms with Crippen molar-refractivity contribution in [2.75, 3.05) is 11.9 Å². The minimum absolute atomic E-state index is 0.0857. The molecule has 2 rings (SSSR count). The number of primary amides is 1. The van der Waals surface area contributed by atoms with Gasteiger partial charge in [0.25, 0.3) is 5.91 Å². The molecule has 0 saturated carbocycles. The third-order valence-corrected chi connectivity index (χ3v) is 3.48. The number of nitrogens with two attached hydrogens (primary N) is 1. The first-order valence-electron chi connectivity index (χ1n) is 6.74. The molecule has 0 aromatic heterocycles. The van der Waals surface area contributed by atoms with E-state index in [0.29, 0.717) is 21.5 Å². The van der Waals surface area contributed by atoms with E-state index >= 15 is 0 Å². The van der Waals surface area contributed by atoms with Gasteiger partial charge in [-0.3, -0.25) is 9.59 Å². The van der Waals surface area contributed by atoms with Crippen LogP contribution in [0.15, 0.2) is 42.5 Å². The maximum atomic E-state index is 12.3. The van der Waals surface area contributed by atoms with Crippen molar-refractivity contribution in [3.63, 3.8) is 0 Å². The first-order valence-corrected chi connectivity index (χ1v) is 7.49. The average Bonchev–Trinajstić information content (AvgIpc) is 2.51. The number of halogens is 2. The van der Waals surface area contributed by atoms with Crippen molar-refractivity contribution in [3.8, 4) is 5.75 Å². The van der Waals surface area contributed by atoms with Crippen LogP contribution in [0.3, 0.4) is 0 Å². The summed E-state index contributed by atoms with van der Waals surface area (Å²) in [4.78, 5) is 23.1. The highest BCUT2D eigenvalue weighted by atomic mass is 35.5. The fourth-order valence-corrected chi connectivity index (χ4v) is 2.19. The van der Waals surface area contributed by atoms with E-state index in [-0.39, 0.29) is 18.6 Å². The lowest BCUT2D eigenvalue weighted by atomic mass is 10.2. The van der Waals surface area contributed by atoms with Crippen LogP contribution in [-0.2, 0) is 4.79 Å². The normalized spacial score (nSPS) is 10.2. The summed E-state index contributed by atoms with van der Waals surface area (Å²) in [5.41, 5.74) is 5.78. The first kappa shape index (κ1) is 17.1. The third-order valence-electron chi connectivity index (χ3n) is 2.91. The molecule has 0 aliphatic rings. The number of anilines is 1. The van der Waals surface area contributed by atoms with Crippen molar-refractivity contribution in [2.24, 2.45) is 5.73 Å². The fourth-order valence-electron chi connectivity index (χ4n) is 1.82. The molecular weight excluding hydrogens is 339 g/mol. The molecule has 0 bridgehead atoms. The Labute approximate surface area is 143 Å². The number of hydrogen-bond acceptors (Lipinski definition) is 3. The number of rotatable bonds is 6. The van der Waals surface area contributed by atoms with Gasteiger partial charge in [0.2, 0.25) is 5.91 Å². The Morgan fingerprint density at radius 3 is 2.61 bits per heavy atom. The van der Waals surface area contributed by atoms with Crippen LogP contribution >= 0.6 is 23.2 Å². The van der Waals surface area contributed by atoms with Gasteiger partial charge in [-0.1, -0.05) is 35.3 Å². The van der Waals surface area contributed by atoms with Gasteiger partial charge in [-0.15, -0.1) is 0 Å². The Kier molecular flexibility index (Phi) is 5.84. The fraction of sp³-hybridized carbons (Fsp3) is 0.125. The minimum atomic E-state index is -0.461. The molecule has 0 spiro atoms. The molecular formula is C16H14Cl2N2O3. The summed E-state index contributed by atoms with van der Waals surface area (Å²) < 4.78 is 5.46. The number of nitrogens with one attached hydrogen (secondary N) is 1. The maximum absolute atomic E-state index is 12.3. The number of carbonyl (C=O) groups is 2. The highest BCUT2D eigenvalue weighted by Gasteiger charge is 2.13. The van der Waals surface area contributed by atoms with Crippen molar-refractivity contribution < 1.29 is 14.3 Å². The van der Waals surface area contributed by atoms with Gasteiger partial charge in [-0.05, 0) is 30.3 Å². The molecule has 0 unspecified atom stereocenters. The van der Waals surface area contributed by atoms with Gasteiger partial charge in [0.15, 0.2) is 0 Å². The highest BCUT2D eigenvalue weighted by molar-refractivity contribution is 6.36. The molecule has 0 aliphatic carbocycles. The molecule has 2 amide bonds. The number of amides is 2. The van der Waals surface area contributed by atoms with Crippen LogP contribution in [0.1, 0.15) is 16.8 Å². The van der Waals surface area contributed by atoms with E-state index in [9.17, 15) is 9.59 Å². The second-order valence-electron chi connectivity index (χ2n) is 4.64. The van der Waals surface area contributed by atoms with Gasteiger partial charge < -0.3 is 15.8 Å². The van der Waals surface area contributed by atoms with Gasteiger partial charge in [0.1, 0.15) is 5.75 Å². The lowest BCUT2D eigenvalue weighted by Gasteiger charge is -2.12. The Balaban J connectivity index is 2.14. The van der Waals surface area contributed by atoms with Crippen LogP contribution < -0.4 is 15.8 Å². The van der Waals surface area contributed by atoms with Crippen LogP contribution in [0.4, 0.5) is 5.69 Å². The lowest BCUT2D eigenvalue weighted by Crippen LogP contribution is -2.16. The second-order valence-corrected chi connectivity index (χ2v) is 5.48. The second kappa shape index (κ2) is 7.85. The molecule has 2 aromatic rings. The summed E-state index contributed by atoms with van der Waals surface area (Å²) in [5.74, 6) is -0.444. The number of para-hydroxylation sites is 2. The van der Waals surface area contributed by atoms with Crippen LogP contribution in [0, 0.1) is 0 Å². The van der Waals surface area contributed by atoms with E-state index in [1.807, 2.05) is 0 Å². The number of hydrogen-bond donors (Lipinski definition) is 2. The van der Waals surface area contributed by atoms with Gasteiger partial charge in [-0.25, -0.2) is 0 Å². The Morgan fingerprint density at radius 1 is 1.13 bits per heavy atom. The predicted molar refractivity (Wildman–Crippen MR) is 90.2 cm³/mol. The monoisotopic (exact) mass is 352 g/mol. The summed E-state index contributed by atoms with van der Waals surface area (Å²) in [6.07, 6.45) is 0.0857. The van der Waals surface area contributed by atoms with Crippen LogP contribution in [0.5, 0.6) is 5.75 Å². The molecule has 120 valence electrons. The van der Waals surface area contributed by atoms with Crippen LogP contribution in [0.2, 0.25) is 10.0 Å². The van der Waals surface area contributed by atoms with Gasteiger partial charge in [-0.2, -0.15) is 0 Å². The number of ether oxygens (including phenoxy) is 1. The average molecular weight is 353 g/mol. The molecule has 0 fully saturated rings. The van der Waals surface area contributed by atoms with E-state index in [0.717, 1.165) is 0 Å². The summed E-state index contributed by atoms with van der Waals surface area (Å²) in [6, 6.07) is 11.5. The third kappa shape index (κ3) is 4.87. The highest BCUT2D eigenvalue weighted by Crippen LogP contribution is 2.26. The molecule has 5 nitrogen and oxygen atoms in total. The maximum Gasteiger partial charge on any atom is 0.257 e. The molecule has 0 aliphatic heterocycles. The summed E-state index contributed by atoms with van der Waals surface area (Å²) in [5, 5.41) is 3.41. The zero-order valence-corrected chi connectivity index (χ0v) is 13.5. The molecule has 7 heteroatoms. The summed E-state index contributed by atoms with van der Waals surface area (Å²) in [7, 11) is 0.